The summed E-state index contributed by atoms with van der Waals surface area (Å²) in [5.74, 6) is -0.0482. The second-order valence-electron chi connectivity index (χ2n) is 6.49. The fourth-order valence-electron chi connectivity index (χ4n) is 2.84. The first kappa shape index (κ1) is 20.7. The van der Waals surface area contributed by atoms with Crippen LogP contribution in [0.4, 0.5) is 11.4 Å². The average Bonchev–Trinajstić information content (AvgIpc) is 3.47. The summed E-state index contributed by atoms with van der Waals surface area (Å²) in [6.45, 7) is 0. The van der Waals surface area contributed by atoms with E-state index in [4.69, 9.17) is 4.74 Å². The van der Waals surface area contributed by atoms with Gasteiger partial charge in [0.25, 0.3) is 5.91 Å². The van der Waals surface area contributed by atoms with E-state index in [1.54, 1.807) is 47.9 Å². The van der Waals surface area contributed by atoms with E-state index in [-0.39, 0.29) is 18.2 Å². The van der Waals surface area contributed by atoms with Crippen molar-refractivity contribution in [1.29, 1.82) is 0 Å². The Morgan fingerprint density at radius 1 is 1.13 bits per heavy atom. The highest BCUT2D eigenvalue weighted by Crippen LogP contribution is 2.29. The quantitative estimate of drug-likeness (QED) is 0.425. The van der Waals surface area contributed by atoms with Crippen molar-refractivity contribution in [2.75, 3.05) is 17.7 Å². The maximum atomic E-state index is 12.5. The predicted molar refractivity (Wildman–Crippen MR) is 123 cm³/mol. The van der Waals surface area contributed by atoms with Crippen LogP contribution in [0.2, 0.25) is 0 Å². The molecule has 0 saturated heterocycles. The number of carbonyl (C=O) groups is 2. The molecule has 2 N–H and O–H groups in total. The van der Waals surface area contributed by atoms with Gasteiger partial charge in [-0.3, -0.25) is 14.6 Å². The zero-order valence-corrected chi connectivity index (χ0v) is 18.1. The van der Waals surface area contributed by atoms with Gasteiger partial charge in [-0.15, -0.1) is 11.3 Å². The van der Waals surface area contributed by atoms with Crippen molar-refractivity contribution in [2.24, 2.45) is 0 Å². The monoisotopic (exact) mass is 450 g/mol. The summed E-state index contributed by atoms with van der Waals surface area (Å²) < 4.78 is 5.38. The van der Waals surface area contributed by atoms with Crippen LogP contribution in [0.1, 0.15) is 16.1 Å². The van der Waals surface area contributed by atoms with Crippen molar-refractivity contribution in [2.45, 2.75) is 6.42 Å². The number of anilines is 2. The Morgan fingerprint density at radius 2 is 2.03 bits per heavy atom. The van der Waals surface area contributed by atoms with Crippen molar-refractivity contribution >= 4 is 45.9 Å². The van der Waals surface area contributed by atoms with Gasteiger partial charge in [0.15, 0.2) is 0 Å². The van der Waals surface area contributed by atoms with Crippen LogP contribution in [0.3, 0.4) is 0 Å². The van der Waals surface area contributed by atoms with Gasteiger partial charge in [-0.1, -0.05) is 0 Å². The first-order valence-corrected chi connectivity index (χ1v) is 11.1. The lowest BCUT2D eigenvalue weighted by Crippen LogP contribution is -2.15. The fraction of sp³-hybridized carbons (Fsp3) is 0.0909. The highest BCUT2D eigenvalue weighted by Gasteiger charge is 2.13. The van der Waals surface area contributed by atoms with Crippen molar-refractivity contribution in [1.82, 2.24) is 9.97 Å². The van der Waals surface area contributed by atoms with E-state index < -0.39 is 0 Å². The normalized spacial score (nSPS) is 10.5. The molecule has 0 spiro atoms. The number of carbonyl (C=O) groups excluding carboxylic acids is 2. The molecule has 9 heteroatoms. The van der Waals surface area contributed by atoms with Gasteiger partial charge >= 0.3 is 0 Å². The summed E-state index contributed by atoms with van der Waals surface area (Å²) in [5, 5.41) is 12.5. The number of ether oxygens (including phenoxy) is 1. The van der Waals surface area contributed by atoms with E-state index in [2.05, 4.69) is 20.6 Å². The molecule has 0 atom stereocenters. The summed E-state index contributed by atoms with van der Waals surface area (Å²) in [6, 6.07) is 10.4. The number of amides is 2. The highest BCUT2D eigenvalue weighted by atomic mass is 32.1. The van der Waals surface area contributed by atoms with Crippen LogP contribution >= 0.6 is 22.7 Å². The SMILES string of the molecule is COc1cc(NC(=O)Cc2csc(-c3ccsc3)n2)ccc1NC(=O)c1cccnc1. The molecule has 0 unspecified atom stereocenters. The molecule has 0 radical (unpaired) electrons. The molecule has 3 heterocycles. The molecule has 31 heavy (non-hydrogen) atoms. The Labute approximate surface area is 186 Å². The lowest BCUT2D eigenvalue weighted by atomic mass is 10.2. The summed E-state index contributed by atoms with van der Waals surface area (Å²) in [7, 11) is 1.50. The summed E-state index contributed by atoms with van der Waals surface area (Å²) >= 11 is 3.13. The van der Waals surface area contributed by atoms with Crippen LogP contribution < -0.4 is 15.4 Å². The molecule has 0 aliphatic carbocycles. The second-order valence-corrected chi connectivity index (χ2v) is 8.13. The standard InChI is InChI=1S/C22H18N4O3S2/c1-29-19-9-16(4-5-18(19)26-21(28)14-3-2-7-23-11-14)24-20(27)10-17-13-31-22(25-17)15-6-8-30-12-15/h2-9,11-13H,10H2,1H3,(H,24,27)(H,26,28). The third-order valence-electron chi connectivity index (χ3n) is 4.32. The number of benzene rings is 1. The number of rotatable bonds is 7. The maximum Gasteiger partial charge on any atom is 0.257 e. The maximum absolute atomic E-state index is 12.5. The van der Waals surface area contributed by atoms with Crippen LogP contribution in [0.15, 0.2) is 64.9 Å². The Hall–Kier alpha value is -3.56. The summed E-state index contributed by atoms with van der Waals surface area (Å²) in [6.07, 6.45) is 3.25. The number of aromatic nitrogens is 2. The van der Waals surface area contributed by atoms with Gasteiger partial charge in [0, 0.05) is 40.5 Å². The van der Waals surface area contributed by atoms with Crippen molar-refractivity contribution < 1.29 is 14.3 Å². The van der Waals surface area contributed by atoms with Gasteiger partial charge in [-0.05, 0) is 35.7 Å². The molecular weight excluding hydrogens is 432 g/mol. The number of methoxy groups -OCH3 is 1. The Bertz CT molecular complexity index is 1190. The molecule has 0 saturated carbocycles. The second kappa shape index (κ2) is 9.50. The Kier molecular flexibility index (Phi) is 6.34. The van der Waals surface area contributed by atoms with Crippen molar-refractivity contribution in [3.8, 4) is 16.3 Å². The van der Waals surface area contributed by atoms with Crippen molar-refractivity contribution in [3.05, 3.63) is 76.2 Å². The van der Waals surface area contributed by atoms with Crippen LogP contribution in [0, 0.1) is 0 Å². The van der Waals surface area contributed by atoms with E-state index >= 15 is 0 Å². The smallest absolute Gasteiger partial charge is 0.257 e. The van der Waals surface area contributed by atoms with Gasteiger partial charge in [0.05, 0.1) is 30.5 Å². The van der Waals surface area contributed by atoms with Crippen LogP contribution in [-0.2, 0) is 11.2 Å². The molecule has 3 aromatic heterocycles. The Morgan fingerprint density at radius 3 is 2.77 bits per heavy atom. The van der Waals surface area contributed by atoms with Crippen LogP contribution in [0.5, 0.6) is 5.75 Å². The molecule has 7 nitrogen and oxygen atoms in total. The number of pyridine rings is 1. The first-order valence-electron chi connectivity index (χ1n) is 9.28. The molecule has 0 aliphatic rings. The van der Waals surface area contributed by atoms with Crippen molar-refractivity contribution in [3.63, 3.8) is 0 Å². The van der Waals surface area contributed by atoms with E-state index in [1.165, 1.54) is 24.6 Å². The van der Waals surface area contributed by atoms with E-state index in [0.29, 0.717) is 22.7 Å². The molecular formula is C22H18N4O3S2. The average molecular weight is 451 g/mol. The molecule has 156 valence electrons. The van der Waals surface area contributed by atoms with E-state index in [9.17, 15) is 9.59 Å². The van der Waals surface area contributed by atoms with Gasteiger partial charge in [0.1, 0.15) is 10.8 Å². The molecule has 1 aromatic carbocycles. The van der Waals surface area contributed by atoms with Gasteiger partial charge in [0.2, 0.25) is 5.91 Å². The van der Waals surface area contributed by atoms with E-state index in [1.807, 2.05) is 22.2 Å². The number of nitrogens with zero attached hydrogens (tertiary/aromatic N) is 2. The fourth-order valence-corrected chi connectivity index (χ4v) is 4.37. The molecule has 4 aromatic rings. The first-order chi connectivity index (χ1) is 15.1. The zero-order chi connectivity index (χ0) is 21.6. The number of hydrogen-bond donors (Lipinski definition) is 2. The summed E-state index contributed by atoms with van der Waals surface area (Å²) in [5.41, 5.74) is 3.28. The van der Waals surface area contributed by atoms with Gasteiger partial charge in [-0.25, -0.2) is 4.98 Å². The number of thiophene rings is 1. The van der Waals surface area contributed by atoms with E-state index in [0.717, 1.165) is 16.3 Å². The number of hydrogen-bond acceptors (Lipinski definition) is 7. The largest absolute Gasteiger partial charge is 0.494 e. The van der Waals surface area contributed by atoms with Gasteiger partial charge in [-0.2, -0.15) is 11.3 Å². The highest BCUT2D eigenvalue weighted by molar-refractivity contribution is 7.14. The zero-order valence-electron chi connectivity index (χ0n) is 16.5. The third-order valence-corrected chi connectivity index (χ3v) is 5.94. The number of thiazole rings is 1. The minimum absolute atomic E-state index is 0.169. The molecule has 0 fully saturated rings. The summed E-state index contributed by atoms with van der Waals surface area (Å²) in [4.78, 5) is 33.3. The topological polar surface area (TPSA) is 93.2 Å². The van der Waals surface area contributed by atoms with Gasteiger partial charge < -0.3 is 15.4 Å². The minimum Gasteiger partial charge on any atom is -0.494 e. The molecule has 2 amide bonds. The number of nitrogens with one attached hydrogen (secondary N) is 2. The third kappa shape index (κ3) is 5.14. The minimum atomic E-state index is -0.298. The van der Waals surface area contributed by atoms with Crippen LogP contribution in [0.25, 0.3) is 10.6 Å². The molecule has 0 bridgehead atoms. The molecule has 0 aliphatic heterocycles. The predicted octanol–water partition coefficient (Wildman–Crippen LogP) is 4.71. The molecule has 4 rings (SSSR count). The lowest BCUT2D eigenvalue weighted by molar-refractivity contribution is -0.115. The lowest BCUT2D eigenvalue weighted by Gasteiger charge is -2.12. The Balaban J connectivity index is 1.40. The van der Waals surface area contributed by atoms with Crippen LogP contribution in [-0.4, -0.2) is 28.9 Å².